The number of hydrogen-bond acceptors (Lipinski definition) is 3. The minimum Gasteiger partial charge on any atom is -0.488 e. The first kappa shape index (κ1) is 23.6. The quantitative estimate of drug-likeness (QED) is 0.236. The Kier molecular flexibility index (Phi) is 7.24. The second-order valence-corrected chi connectivity index (χ2v) is 9.11. The van der Waals surface area contributed by atoms with E-state index < -0.39 is 0 Å². The van der Waals surface area contributed by atoms with E-state index in [4.69, 9.17) is 9.84 Å². The summed E-state index contributed by atoms with van der Waals surface area (Å²) in [5.74, 6) is 0.612. The second kappa shape index (κ2) is 11.1. The van der Waals surface area contributed by atoms with Gasteiger partial charge in [0.1, 0.15) is 12.4 Å². The average molecular weight is 538 g/mol. The smallest absolute Gasteiger partial charge is 0.251 e. The molecular weight excluding hydrogens is 514 g/mol. The number of para-hydroxylation sites is 2. The molecular formula is C30H24BrN3O2. The van der Waals surface area contributed by atoms with Gasteiger partial charge in [-0.15, -0.1) is 0 Å². The highest BCUT2D eigenvalue weighted by Gasteiger charge is 2.14. The molecule has 0 radical (unpaired) electrons. The van der Waals surface area contributed by atoms with E-state index in [1.165, 1.54) is 0 Å². The summed E-state index contributed by atoms with van der Waals surface area (Å²) in [5.41, 5.74) is 5.25. The van der Waals surface area contributed by atoms with Gasteiger partial charge in [-0.2, -0.15) is 5.10 Å². The number of amides is 1. The molecule has 5 rings (SSSR count). The SMILES string of the molecule is O=C(NCc1cn(-c2ccccc2)nc1-c1ccccc1)c1cccc(COc2ccccc2Br)c1. The summed E-state index contributed by atoms with van der Waals surface area (Å²) in [6, 6.07) is 35.1. The zero-order valence-electron chi connectivity index (χ0n) is 19.5. The van der Waals surface area contributed by atoms with E-state index in [2.05, 4.69) is 21.2 Å². The molecule has 36 heavy (non-hydrogen) atoms. The number of nitrogens with one attached hydrogen (secondary N) is 1. The van der Waals surface area contributed by atoms with E-state index in [1.54, 1.807) is 0 Å². The summed E-state index contributed by atoms with van der Waals surface area (Å²) < 4.78 is 8.65. The first-order valence-corrected chi connectivity index (χ1v) is 12.4. The third kappa shape index (κ3) is 5.56. The Hall–Kier alpha value is -4.16. The number of aromatic nitrogens is 2. The Morgan fingerprint density at radius 3 is 2.36 bits per heavy atom. The largest absolute Gasteiger partial charge is 0.488 e. The number of halogens is 1. The van der Waals surface area contributed by atoms with Crippen molar-refractivity contribution in [3.8, 4) is 22.7 Å². The molecule has 1 heterocycles. The summed E-state index contributed by atoms with van der Waals surface area (Å²) in [6.45, 7) is 0.722. The summed E-state index contributed by atoms with van der Waals surface area (Å²) in [7, 11) is 0. The first-order chi connectivity index (χ1) is 17.7. The van der Waals surface area contributed by atoms with Crippen molar-refractivity contribution < 1.29 is 9.53 Å². The molecule has 6 heteroatoms. The van der Waals surface area contributed by atoms with Gasteiger partial charge in [0, 0.05) is 29.4 Å². The van der Waals surface area contributed by atoms with Crippen LogP contribution in [0.5, 0.6) is 5.75 Å². The van der Waals surface area contributed by atoms with Crippen LogP contribution in [-0.2, 0) is 13.2 Å². The van der Waals surface area contributed by atoms with E-state index in [0.29, 0.717) is 18.7 Å². The standard InChI is InChI=1S/C30H24BrN3O2/c31-27-16-7-8-17-28(27)36-21-22-10-9-13-24(18-22)30(35)32-19-25-20-34(26-14-5-2-6-15-26)33-29(25)23-11-3-1-4-12-23/h1-18,20H,19,21H2,(H,32,35). The van der Waals surface area contributed by atoms with Gasteiger partial charge in [0.25, 0.3) is 5.91 Å². The molecule has 5 nitrogen and oxygen atoms in total. The highest BCUT2D eigenvalue weighted by molar-refractivity contribution is 9.10. The van der Waals surface area contributed by atoms with Crippen molar-refractivity contribution in [2.75, 3.05) is 0 Å². The molecule has 0 aliphatic heterocycles. The summed E-state index contributed by atoms with van der Waals surface area (Å²) >= 11 is 3.49. The van der Waals surface area contributed by atoms with Crippen LogP contribution >= 0.6 is 15.9 Å². The van der Waals surface area contributed by atoms with Crippen molar-refractivity contribution in [1.29, 1.82) is 0 Å². The lowest BCUT2D eigenvalue weighted by Gasteiger charge is -2.10. The zero-order chi connectivity index (χ0) is 24.7. The van der Waals surface area contributed by atoms with Crippen molar-refractivity contribution in [2.45, 2.75) is 13.2 Å². The fourth-order valence-electron chi connectivity index (χ4n) is 3.89. The molecule has 0 spiro atoms. The predicted molar refractivity (Wildman–Crippen MR) is 145 cm³/mol. The van der Waals surface area contributed by atoms with Crippen LogP contribution in [0, 0.1) is 0 Å². The van der Waals surface area contributed by atoms with E-state index >= 15 is 0 Å². The molecule has 1 aromatic heterocycles. The first-order valence-electron chi connectivity index (χ1n) is 11.6. The summed E-state index contributed by atoms with van der Waals surface area (Å²) in [4.78, 5) is 13.0. The Balaban J connectivity index is 1.31. The molecule has 0 saturated carbocycles. The maximum absolute atomic E-state index is 13.0. The monoisotopic (exact) mass is 537 g/mol. The van der Waals surface area contributed by atoms with Crippen LogP contribution in [0.1, 0.15) is 21.5 Å². The van der Waals surface area contributed by atoms with Gasteiger partial charge < -0.3 is 10.1 Å². The summed E-state index contributed by atoms with van der Waals surface area (Å²) in [6.07, 6.45) is 1.97. The predicted octanol–water partition coefficient (Wildman–Crippen LogP) is 6.81. The molecule has 178 valence electrons. The fourth-order valence-corrected chi connectivity index (χ4v) is 4.29. The molecule has 0 aliphatic carbocycles. The van der Waals surface area contributed by atoms with Gasteiger partial charge in [-0.3, -0.25) is 4.79 Å². The van der Waals surface area contributed by atoms with Crippen LogP contribution in [-0.4, -0.2) is 15.7 Å². The van der Waals surface area contributed by atoms with Crippen molar-refractivity contribution in [3.05, 3.63) is 137 Å². The average Bonchev–Trinajstić information content (AvgIpc) is 3.37. The zero-order valence-corrected chi connectivity index (χ0v) is 21.1. The van der Waals surface area contributed by atoms with Gasteiger partial charge in [0.05, 0.1) is 15.9 Å². The van der Waals surface area contributed by atoms with Gasteiger partial charge in [0.2, 0.25) is 0 Å². The molecule has 0 atom stereocenters. The fraction of sp³-hybridized carbons (Fsp3) is 0.0667. The summed E-state index contributed by atoms with van der Waals surface area (Å²) in [5, 5.41) is 7.88. The number of carbonyl (C=O) groups excluding carboxylic acids is 1. The number of hydrogen-bond donors (Lipinski definition) is 1. The minimum atomic E-state index is -0.149. The van der Waals surface area contributed by atoms with Crippen molar-refractivity contribution in [1.82, 2.24) is 15.1 Å². The Labute approximate surface area is 218 Å². The Morgan fingerprint density at radius 2 is 1.58 bits per heavy atom. The van der Waals surface area contributed by atoms with E-state index in [0.717, 1.165) is 38.3 Å². The van der Waals surface area contributed by atoms with Crippen LogP contribution in [0.3, 0.4) is 0 Å². The molecule has 1 N–H and O–H groups in total. The lowest BCUT2D eigenvalue weighted by Crippen LogP contribution is -2.23. The molecule has 5 aromatic rings. The van der Waals surface area contributed by atoms with E-state index in [1.807, 2.05) is 120 Å². The lowest BCUT2D eigenvalue weighted by atomic mass is 10.1. The van der Waals surface area contributed by atoms with Gasteiger partial charge >= 0.3 is 0 Å². The third-order valence-corrected chi connectivity index (χ3v) is 6.37. The van der Waals surface area contributed by atoms with Crippen LogP contribution in [0.15, 0.2) is 120 Å². The molecule has 0 saturated heterocycles. The van der Waals surface area contributed by atoms with Crippen LogP contribution in [0.2, 0.25) is 0 Å². The van der Waals surface area contributed by atoms with Crippen molar-refractivity contribution in [2.24, 2.45) is 0 Å². The maximum atomic E-state index is 13.0. The number of carbonyl (C=O) groups is 1. The van der Waals surface area contributed by atoms with Crippen molar-refractivity contribution in [3.63, 3.8) is 0 Å². The highest BCUT2D eigenvalue weighted by Crippen LogP contribution is 2.25. The van der Waals surface area contributed by atoms with Crippen LogP contribution in [0.25, 0.3) is 16.9 Å². The third-order valence-electron chi connectivity index (χ3n) is 5.72. The lowest BCUT2D eigenvalue weighted by molar-refractivity contribution is 0.0951. The Morgan fingerprint density at radius 1 is 0.861 bits per heavy atom. The van der Waals surface area contributed by atoms with E-state index in [9.17, 15) is 4.79 Å². The second-order valence-electron chi connectivity index (χ2n) is 8.25. The van der Waals surface area contributed by atoms with Gasteiger partial charge in [-0.05, 0) is 57.9 Å². The highest BCUT2D eigenvalue weighted by atomic mass is 79.9. The molecule has 0 aliphatic rings. The van der Waals surface area contributed by atoms with Gasteiger partial charge in [-0.25, -0.2) is 4.68 Å². The maximum Gasteiger partial charge on any atom is 0.251 e. The van der Waals surface area contributed by atoms with Gasteiger partial charge in [-0.1, -0.05) is 72.8 Å². The molecule has 1 amide bonds. The minimum absolute atomic E-state index is 0.149. The molecule has 0 fully saturated rings. The number of ether oxygens (including phenoxy) is 1. The Bertz CT molecular complexity index is 1470. The van der Waals surface area contributed by atoms with Crippen LogP contribution < -0.4 is 10.1 Å². The number of rotatable bonds is 8. The molecule has 0 unspecified atom stereocenters. The van der Waals surface area contributed by atoms with E-state index in [-0.39, 0.29) is 5.91 Å². The molecule has 0 bridgehead atoms. The number of nitrogens with zero attached hydrogens (tertiary/aromatic N) is 2. The van der Waals surface area contributed by atoms with Crippen LogP contribution in [0.4, 0.5) is 0 Å². The van der Waals surface area contributed by atoms with Gasteiger partial charge in [0.15, 0.2) is 0 Å². The normalized spacial score (nSPS) is 10.7. The molecule has 4 aromatic carbocycles. The topological polar surface area (TPSA) is 56.2 Å². The van der Waals surface area contributed by atoms with Crippen molar-refractivity contribution >= 4 is 21.8 Å². The number of benzene rings is 4.